The maximum atomic E-state index is 12.7. The van der Waals surface area contributed by atoms with Gasteiger partial charge in [0.15, 0.2) is 0 Å². The van der Waals surface area contributed by atoms with Crippen molar-refractivity contribution in [3.63, 3.8) is 0 Å². The first-order valence-corrected chi connectivity index (χ1v) is 7.47. The van der Waals surface area contributed by atoms with Crippen molar-refractivity contribution in [1.82, 2.24) is 4.98 Å². The molecule has 0 spiro atoms. The summed E-state index contributed by atoms with van der Waals surface area (Å²) in [7, 11) is 1.54. The molecule has 5 heteroatoms. The standard InChI is InChI=1S/C18H15ClN2O2/c1-11-9-15(16(23-2)10-14(11)19)21-18(22)13-7-3-5-12-6-4-8-20-17(12)13/h3-10H,1-2H3,(H,21,22). The van der Waals surface area contributed by atoms with Gasteiger partial charge in [-0.25, -0.2) is 0 Å². The molecule has 3 rings (SSSR count). The molecular formula is C18H15ClN2O2. The predicted molar refractivity (Wildman–Crippen MR) is 92.4 cm³/mol. The third-order valence-electron chi connectivity index (χ3n) is 3.61. The van der Waals surface area contributed by atoms with Crippen LogP contribution >= 0.6 is 11.6 Å². The molecule has 1 heterocycles. The molecule has 0 atom stereocenters. The molecule has 1 aromatic heterocycles. The van der Waals surface area contributed by atoms with Crippen molar-refractivity contribution in [1.29, 1.82) is 0 Å². The number of anilines is 1. The second-order valence-corrected chi connectivity index (χ2v) is 5.54. The molecule has 2 aromatic carbocycles. The Morgan fingerprint density at radius 3 is 2.78 bits per heavy atom. The number of halogens is 1. The lowest BCUT2D eigenvalue weighted by atomic mass is 10.1. The van der Waals surface area contributed by atoms with E-state index in [1.807, 2.05) is 31.2 Å². The molecule has 0 fully saturated rings. The third kappa shape index (κ3) is 2.98. The van der Waals surface area contributed by atoms with Crippen molar-refractivity contribution in [2.75, 3.05) is 12.4 Å². The second-order valence-electron chi connectivity index (χ2n) is 5.14. The first-order valence-electron chi connectivity index (χ1n) is 7.09. The zero-order valence-corrected chi connectivity index (χ0v) is 13.5. The number of amides is 1. The number of hydrogen-bond donors (Lipinski definition) is 1. The van der Waals surface area contributed by atoms with Crippen molar-refractivity contribution in [3.05, 3.63) is 64.8 Å². The van der Waals surface area contributed by atoms with Gasteiger partial charge in [0.2, 0.25) is 0 Å². The number of pyridine rings is 1. The van der Waals surface area contributed by atoms with Crippen LogP contribution in [0.2, 0.25) is 5.02 Å². The van der Waals surface area contributed by atoms with Crippen LogP contribution in [0.4, 0.5) is 5.69 Å². The predicted octanol–water partition coefficient (Wildman–Crippen LogP) is 4.46. The van der Waals surface area contributed by atoms with E-state index >= 15 is 0 Å². The highest BCUT2D eigenvalue weighted by Gasteiger charge is 2.14. The van der Waals surface area contributed by atoms with Gasteiger partial charge in [-0.2, -0.15) is 0 Å². The Hall–Kier alpha value is -2.59. The molecule has 23 heavy (non-hydrogen) atoms. The van der Waals surface area contributed by atoms with Crippen LogP contribution in [-0.2, 0) is 0 Å². The van der Waals surface area contributed by atoms with Gasteiger partial charge in [0.25, 0.3) is 5.91 Å². The van der Waals surface area contributed by atoms with Gasteiger partial charge in [-0.1, -0.05) is 29.8 Å². The van der Waals surface area contributed by atoms with Gasteiger partial charge in [0.1, 0.15) is 5.75 Å². The Balaban J connectivity index is 2.00. The molecule has 1 amide bonds. The van der Waals surface area contributed by atoms with E-state index in [4.69, 9.17) is 16.3 Å². The van der Waals surface area contributed by atoms with Crippen LogP contribution in [0.5, 0.6) is 5.75 Å². The third-order valence-corrected chi connectivity index (χ3v) is 4.01. The SMILES string of the molecule is COc1cc(Cl)c(C)cc1NC(=O)c1cccc2cccnc12. The number of carbonyl (C=O) groups is 1. The minimum atomic E-state index is -0.241. The van der Waals surface area contributed by atoms with Crippen LogP contribution in [0.3, 0.4) is 0 Å². The van der Waals surface area contributed by atoms with E-state index in [-0.39, 0.29) is 5.91 Å². The van der Waals surface area contributed by atoms with Crippen LogP contribution in [0.25, 0.3) is 10.9 Å². The Kier molecular flexibility index (Phi) is 4.17. The Morgan fingerprint density at radius 2 is 2.00 bits per heavy atom. The fraction of sp³-hybridized carbons (Fsp3) is 0.111. The number of carbonyl (C=O) groups excluding carboxylic acids is 1. The lowest BCUT2D eigenvalue weighted by Crippen LogP contribution is -2.13. The second kappa shape index (κ2) is 6.26. The maximum absolute atomic E-state index is 12.7. The molecule has 0 saturated heterocycles. The molecule has 116 valence electrons. The van der Waals surface area contributed by atoms with E-state index in [1.165, 1.54) is 7.11 Å². The molecule has 0 bridgehead atoms. The Morgan fingerprint density at radius 1 is 1.22 bits per heavy atom. The number of aromatic nitrogens is 1. The van der Waals surface area contributed by atoms with E-state index in [2.05, 4.69) is 10.3 Å². The van der Waals surface area contributed by atoms with Crippen LogP contribution in [-0.4, -0.2) is 18.0 Å². The van der Waals surface area contributed by atoms with Crippen molar-refractivity contribution in [2.24, 2.45) is 0 Å². The summed E-state index contributed by atoms with van der Waals surface area (Å²) in [6.07, 6.45) is 1.67. The van der Waals surface area contributed by atoms with Gasteiger partial charge >= 0.3 is 0 Å². The van der Waals surface area contributed by atoms with E-state index in [1.54, 1.807) is 24.4 Å². The average Bonchev–Trinajstić information content (AvgIpc) is 2.57. The molecule has 0 aliphatic heterocycles. The van der Waals surface area contributed by atoms with Crippen molar-refractivity contribution in [2.45, 2.75) is 6.92 Å². The topological polar surface area (TPSA) is 51.2 Å². The fourth-order valence-electron chi connectivity index (χ4n) is 2.41. The van der Waals surface area contributed by atoms with E-state index < -0.39 is 0 Å². The summed E-state index contributed by atoms with van der Waals surface area (Å²) in [5, 5.41) is 4.38. The van der Waals surface area contributed by atoms with E-state index in [9.17, 15) is 4.79 Å². The highest BCUT2D eigenvalue weighted by Crippen LogP contribution is 2.31. The number of benzene rings is 2. The van der Waals surface area contributed by atoms with Crippen molar-refractivity contribution >= 4 is 34.1 Å². The number of nitrogens with one attached hydrogen (secondary N) is 1. The minimum Gasteiger partial charge on any atom is -0.495 e. The normalized spacial score (nSPS) is 10.6. The highest BCUT2D eigenvalue weighted by atomic mass is 35.5. The summed E-state index contributed by atoms with van der Waals surface area (Å²) in [5.41, 5.74) is 2.61. The van der Waals surface area contributed by atoms with Crippen LogP contribution in [0, 0.1) is 6.92 Å². The number of hydrogen-bond acceptors (Lipinski definition) is 3. The lowest BCUT2D eigenvalue weighted by Gasteiger charge is -2.13. The van der Waals surface area contributed by atoms with Crippen molar-refractivity contribution < 1.29 is 9.53 Å². The summed E-state index contributed by atoms with van der Waals surface area (Å²) in [6.45, 7) is 1.87. The first-order chi connectivity index (χ1) is 11.1. The van der Waals surface area contributed by atoms with Gasteiger partial charge in [0, 0.05) is 22.7 Å². The largest absolute Gasteiger partial charge is 0.495 e. The summed E-state index contributed by atoms with van der Waals surface area (Å²) in [4.78, 5) is 17.0. The van der Waals surface area contributed by atoms with Gasteiger partial charge in [-0.15, -0.1) is 0 Å². The van der Waals surface area contributed by atoms with Crippen LogP contribution in [0.1, 0.15) is 15.9 Å². The molecule has 0 aliphatic rings. The molecule has 0 unspecified atom stereocenters. The smallest absolute Gasteiger partial charge is 0.257 e. The number of aryl methyl sites for hydroxylation is 1. The average molecular weight is 327 g/mol. The van der Waals surface area contributed by atoms with E-state index in [0.717, 1.165) is 10.9 Å². The molecule has 0 radical (unpaired) electrons. The number of fused-ring (bicyclic) bond motifs is 1. The number of methoxy groups -OCH3 is 1. The molecule has 1 N–H and O–H groups in total. The van der Waals surface area contributed by atoms with Crippen molar-refractivity contribution in [3.8, 4) is 5.75 Å². The van der Waals surface area contributed by atoms with E-state index in [0.29, 0.717) is 27.5 Å². The number of ether oxygens (including phenoxy) is 1. The van der Waals surface area contributed by atoms with Gasteiger partial charge in [0.05, 0.1) is 23.9 Å². The quantitative estimate of drug-likeness (QED) is 0.773. The summed E-state index contributed by atoms with van der Waals surface area (Å²) in [6, 6.07) is 12.8. The van der Waals surface area contributed by atoms with Gasteiger partial charge < -0.3 is 10.1 Å². The summed E-state index contributed by atoms with van der Waals surface area (Å²) >= 11 is 6.09. The molecular weight excluding hydrogens is 312 g/mol. The number of rotatable bonds is 3. The molecule has 3 aromatic rings. The summed E-state index contributed by atoms with van der Waals surface area (Å²) < 4.78 is 5.29. The van der Waals surface area contributed by atoms with Gasteiger partial charge in [-0.05, 0) is 30.7 Å². The monoisotopic (exact) mass is 326 g/mol. The molecule has 0 aliphatic carbocycles. The molecule has 4 nitrogen and oxygen atoms in total. The van der Waals surface area contributed by atoms with Crippen LogP contribution < -0.4 is 10.1 Å². The first kappa shape index (κ1) is 15.3. The highest BCUT2D eigenvalue weighted by molar-refractivity contribution is 6.31. The number of para-hydroxylation sites is 1. The zero-order valence-electron chi connectivity index (χ0n) is 12.8. The molecule has 0 saturated carbocycles. The lowest BCUT2D eigenvalue weighted by molar-refractivity contribution is 0.102. The minimum absolute atomic E-state index is 0.241. The summed E-state index contributed by atoms with van der Waals surface area (Å²) in [5.74, 6) is 0.275. The Bertz CT molecular complexity index is 888. The Labute approximate surface area is 139 Å². The van der Waals surface area contributed by atoms with Gasteiger partial charge in [-0.3, -0.25) is 9.78 Å². The number of nitrogens with zero attached hydrogens (tertiary/aromatic N) is 1. The maximum Gasteiger partial charge on any atom is 0.257 e. The fourth-order valence-corrected chi connectivity index (χ4v) is 2.56. The zero-order chi connectivity index (χ0) is 16.4. The van der Waals surface area contributed by atoms with Crippen LogP contribution in [0.15, 0.2) is 48.7 Å².